The van der Waals surface area contributed by atoms with E-state index < -0.39 is 16.1 Å². The number of nitrogens with zero attached hydrogens (tertiary/aromatic N) is 2. The summed E-state index contributed by atoms with van der Waals surface area (Å²) in [6, 6.07) is 56.3. The van der Waals surface area contributed by atoms with Gasteiger partial charge in [0.1, 0.15) is 16.1 Å². The molecule has 4 heteroatoms. The summed E-state index contributed by atoms with van der Waals surface area (Å²) in [6.07, 6.45) is 0. The highest BCUT2D eigenvalue weighted by Crippen LogP contribution is 2.42. The van der Waals surface area contributed by atoms with Gasteiger partial charge < -0.3 is 9.13 Å². The lowest BCUT2D eigenvalue weighted by Crippen LogP contribution is -2.49. The van der Waals surface area contributed by atoms with Crippen molar-refractivity contribution < 1.29 is 0 Å². The summed E-state index contributed by atoms with van der Waals surface area (Å²) in [7, 11) is 0.437. The van der Waals surface area contributed by atoms with Crippen molar-refractivity contribution in [3.05, 3.63) is 146 Å². The average Bonchev–Trinajstić information content (AvgIpc) is 3.85. The smallest absolute Gasteiger partial charge is 0.113 e. The Bertz CT molecular complexity index is 3170. The molecule has 0 fully saturated rings. The lowest BCUT2D eigenvalue weighted by Gasteiger charge is -2.21. The zero-order valence-corrected chi connectivity index (χ0v) is 34.8. The van der Waals surface area contributed by atoms with Gasteiger partial charge in [-0.3, -0.25) is 0 Å². The minimum Gasteiger partial charge on any atom is -0.344 e. The number of aryl methyl sites for hydroxylation is 2. The highest BCUT2D eigenvalue weighted by Gasteiger charge is 2.42. The molecule has 0 saturated carbocycles. The zero-order valence-electron chi connectivity index (χ0n) is 32.8. The van der Waals surface area contributed by atoms with E-state index in [0.717, 1.165) is 0 Å². The van der Waals surface area contributed by atoms with Gasteiger partial charge in [0.2, 0.25) is 0 Å². The van der Waals surface area contributed by atoms with Crippen molar-refractivity contribution in [3.63, 3.8) is 0 Å². The highest BCUT2D eigenvalue weighted by molar-refractivity contribution is 7.05. The van der Waals surface area contributed by atoms with Gasteiger partial charge in [0.05, 0.1) is 0 Å². The normalized spacial score (nSPS) is 14.9. The Labute approximate surface area is 329 Å². The molecule has 2 nitrogen and oxygen atoms in total. The monoisotopic (exact) mass is 750 g/mol. The van der Waals surface area contributed by atoms with Crippen LogP contribution >= 0.6 is 0 Å². The third kappa shape index (κ3) is 4.05. The summed E-state index contributed by atoms with van der Waals surface area (Å²) in [5, 5.41) is 14.4. The van der Waals surface area contributed by atoms with Crippen LogP contribution in [0.25, 0.3) is 98.9 Å². The average molecular weight is 751 g/mol. The summed E-state index contributed by atoms with van der Waals surface area (Å²) in [4.78, 5) is 0. The van der Waals surface area contributed by atoms with E-state index in [1.165, 1.54) is 98.9 Å². The summed E-state index contributed by atoms with van der Waals surface area (Å²) in [5.74, 6) is 0. The van der Waals surface area contributed by atoms with Crippen LogP contribution in [0.15, 0.2) is 146 Å². The Kier molecular flexibility index (Phi) is 6.28. The number of para-hydroxylation sites is 2. The molecule has 8 aromatic carbocycles. The number of hydrogen-bond acceptors (Lipinski definition) is 0. The molecule has 4 heterocycles. The van der Waals surface area contributed by atoms with Crippen molar-refractivity contribution >= 4 is 91.3 Å². The summed E-state index contributed by atoms with van der Waals surface area (Å²) < 4.78 is 4.64. The molecule has 2 aromatic heterocycles. The fourth-order valence-electron chi connectivity index (χ4n) is 10.9. The van der Waals surface area contributed by atoms with Crippen molar-refractivity contribution in [1.29, 1.82) is 0 Å². The molecule has 0 N–H and O–H groups in total. The van der Waals surface area contributed by atoms with E-state index in [-0.39, 0.29) is 0 Å². The first-order valence-corrected chi connectivity index (χ1v) is 26.0. The summed E-state index contributed by atoms with van der Waals surface area (Å²) in [6.45, 7) is 10.2. The molecule has 12 rings (SSSR count). The third-order valence-electron chi connectivity index (χ3n) is 14.0. The van der Waals surface area contributed by atoms with Gasteiger partial charge in [0, 0.05) is 57.7 Å². The fourth-order valence-corrected chi connectivity index (χ4v) is 17.1. The van der Waals surface area contributed by atoms with E-state index in [2.05, 4.69) is 195 Å². The second-order valence-corrected chi connectivity index (χ2v) is 26.1. The Morgan fingerprint density at radius 3 is 1.14 bits per heavy atom. The molecule has 0 saturated heterocycles. The molecule has 0 bridgehead atoms. The lowest BCUT2D eigenvalue weighted by molar-refractivity contribution is 1.01. The Morgan fingerprint density at radius 1 is 0.321 bits per heavy atom. The van der Waals surface area contributed by atoms with Crippen molar-refractivity contribution in [2.24, 2.45) is 14.1 Å². The number of aromatic nitrogens is 2. The van der Waals surface area contributed by atoms with Crippen molar-refractivity contribution in [3.8, 4) is 44.5 Å². The maximum Gasteiger partial charge on any atom is 0.113 e. The molecule has 0 spiro atoms. The quantitative estimate of drug-likeness (QED) is 0.156. The van der Waals surface area contributed by atoms with E-state index in [4.69, 9.17) is 0 Å². The van der Waals surface area contributed by atoms with Crippen LogP contribution in [0.2, 0.25) is 26.2 Å². The Morgan fingerprint density at radius 2 is 0.696 bits per heavy atom. The molecular formula is C52H42N2Si2. The third-order valence-corrected chi connectivity index (χ3v) is 21.0. The van der Waals surface area contributed by atoms with Crippen LogP contribution in [0.3, 0.4) is 0 Å². The first-order valence-electron chi connectivity index (χ1n) is 20.0. The van der Waals surface area contributed by atoms with E-state index in [9.17, 15) is 0 Å². The van der Waals surface area contributed by atoms with Crippen LogP contribution in [0, 0.1) is 0 Å². The van der Waals surface area contributed by atoms with Crippen molar-refractivity contribution in [1.82, 2.24) is 9.13 Å². The molecule has 10 aromatic rings. The van der Waals surface area contributed by atoms with Crippen LogP contribution in [-0.2, 0) is 14.1 Å². The second kappa shape index (κ2) is 10.9. The van der Waals surface area contributed by atoms with Crippen LogP contribution in [0.5, 0.6) is 0 Å². The predicted molar refractivity (Wildman–Crippen MR) is 247 cm³/mol. The maximum absolute atomic E-state index is 2.55. The number of fused-ring (bicyclic) bond motifs is 15. The molecule has 56 heavy (non-hydrogen) atoms. The first-order chi connectivity index (χ1) is 27.1. The van der Waals surface area contributed by atoms with E-state index in [1.54, 1.807) is 20.7 Å². The van der Waals surface area contributed by atoms with Crippen LogP contribution in [-0.4, -0.2) is 25.3 Å². The molecule has 0 radical (unpaired) electrons. The van der Waals surface area contributed by atoms with Gasteiger partial charge in [0.25, 0.3) is 0 Å². The van der Waals surface area contributed by atoms with Crippen LogP contribution < -0.4 is 20.7 Å². The van der Waals surface area contributed by atoms with Gasteiger partial charge in [-0.1, -0.05) is 135 Å². The zero-order chi connectivity index (χ0) is 37.8. The molecule has 2 aliphatic heterocycles. The number of hydrogen-bond donors (Lipinski definition) is 0. The van der Waals surface area contributed by atoms with Gasteiger partial charge in [-0.05, 0) is 112 Å². The fraction of sp³-hybridized carbons (Fsp3) is 0.115. The number of benzene rings is 8. The summed E-state index contributed by atoms with van der Waals surface area (Å²) >= 11 is 0. The van der Waals surface area contributed by atoms with Gasteiger partial charge in [-0.15, -0.1) is 0 Å². The number of rotatable bonds is 2. The van der Waals surface area contributed by atoms with Crippen LogP contribution in [0.1, 0.15) is 0 Å². The topological polar surface area (TPSA) is 9.86 Å². The van der Waals surface area contributed by atoms with E-state index >= 15 is 0 Å². The van der Waals surface area contributed by atoms with Gasteiger partial charge >= 0.3 is 0 Å². The van der Waals surface area contributed by atoms with E-state index in [1.807, 2.05) is 0 Å². The van der Waals surface area contributed by atoms with Gasteiger partial charge in [0.15, 0.2) is 0 Å². The largest absolute Gasteiger partial charge is 0.344 e. The molecule has 2 aliphatic rings. The Hall–Kier alpha value is -5.95. The minimum absolute atomic E-state index is 1.28. The standard InChI is InChI=1S/C52H42N2Si2/c1-53-43-13-9-7-11-35(43)41-27-31(17-23-45(41)53)33-15-19-39-49(29-33)55(3,4)47-25-21-38-37(51(39)47)22-26-48-52(38)40-20-16-34(30-50(40)56(48,5)6)32-18-24-46-42(28-32)36-12-8-10-14-44(36)54(46)2/h7-30H,1-6H3. The minimum atomic E-state index is -1.96. The second-order valence-electron chi connectivity index (χ2n) is 17.5. The van der Waals surface area contributed by atoms with Crippen molar-refractivity contribution in [2.45, 2.75) is 26.2 Å². The molecule has 0 atom stereocenters. The summed E-state index contributed by atoms with van der Waals surface area (Å²) in [5.41, 5.74) is 16.2. The molecule has 268 valence electrons. The maximum atomic E-state index is 2.55. The SMILES string of the molecule is Cn1c2ccccc2c2cc(-c3ccc4c(c3)[Si](C)(C)c3ccc5c6c(ccc5c3-4)[Si](C)(C)c3cc(-c4ccc5c(c4)c4ccccc4n5C)ccc3-6)ccc21. The first kappa shape index (κ1) is 32.3. The highest BCUT2D eigenvalue weighted by atomic mass is 28.3. The molecule has 0 unspecified atom stereocenters. The Balaban J connectivity index is 0.988. The van der Waals surface area contributed by atoms with Crippen molar-refractivity contribution in [2.75, 3.05) is 0 Å². The molecule has 0 aliphatic carbocycles. The van der Waals surface area contributed by atoms with E-state index in [0.29, 0.717) is 0 Å². The lowest BCUT2D eigenvalue weighted by atomic mass is 9.91. The molecular weight excluding hydrogens is 709 g/mol. The van der Waals surface area contributed by atoms with Gasteiger partial charge in [-0.2, -0.15) is 0 Å². The predicted octanol–water partition coefficient (Wildman–Crippen LogP) is 11.1. The molecule has 0 amide bonds. The van der Waals surface area contributed by atoms with Gasteiger partial charge in [-0.25, -0.2) is 0 Å². The van der Waals surface area contributed by atoms with Crippen LogP contribution in [0.4, 0.5) is 0 Å².